The van der Waals surface area contributed by atoms with Crippen LogP contribution in [0.4, 0.5) is 0 Å². The molecule has 0 aromatic carbocycles. The maximum Gasteiger partial charge on any atom is 0.0331 e. The lowest BCUT2D eigenvalue weighted by Crippen LogP contribution is -2.29. The van der Waals surface area contributed by atoms with Gasteiger partial charge in [0.25, 0.3) is 0 Å². The second-order valence-electron chi connectivity index (χ2n) is 4.79. The highest BCUT2D eigenvalue weighted by Crippen LogP contribution is 2.34. The topological polar surface area (TPSA) is 12.0 Å². The Balaban J connectivity index is 1.59. The molecule has 2 aliphatic rings. The number of thioether (sulfide) groups is 1. The summed E-state index contributed by atoms with van der Waals surface area (Å²) in [5.41, 5.74) is 1.60. The predicted molar refractivity (Wildman–Crippen MR) is 73.5 cm³/mol. The normalized spacial score (nSPS) is 29.2. The average molecular weight is 253 g/mol. The van der Waals surface area contributed by atoms with E-state index in [1.165, 1.54) is 44.4 Å². The molecule has 1 aromatic heterocycles. The lowest BCUT2D eigenvalue weighted by molar-refractivity contribution is 0.461. The molecule has 3 heteroatoms. The summed E-state index contributed by atoms with van der Waals surface area (Å²) >= 11 is 4.10. The van der Waals surface area contributed by atoms with Gasteiger partial charge in [-0.1, -0.05) is 0 Å². The Morgan fingerprint density at radius 2 is 2.31 bits per heavy atom. The molecule has 1 nitrogen and oxygen atoms in total. The van der Waals surface area contributed by atoms with Crippen molar-refractivity contribution in [3.05, 3.63) is 21.9 Å². The van der Waals surface area contributed by atoms with Gasteiger partial charge in [-0.25, -0.2) is 0 Å². The van der Waals surface area contributed by atoms with Crippen LogP contribution >= 0.6 is 23.1 Å². The van der Waals surface area contributed by atoms with Crippen molar-refractivity contribution in [2.75, 3.05) is 12.3 Å². The van der Waals surface area contributed by atoms with Crippen molar-refractivity contribution in [2.24, 2.45) is 0 Å². The molecule has 0 spiro atoms. The minimum Gasteiger partial charge on any atom is -0.309 e. The standard InChI is InChI=1S/C13H19NS2/c1-4-12(11-6-8-16-13(11)5-1)14-9-10-3-2-7-15-10/h6,8,10,12,14H,1-5,7,9H2. The number of thiophene rings is 1. The van der Waals surface area contributed by atoms with Crippen LogP contribution in [-0.4, -0.2) is 17.5 Å². The summed E-state index contributed by atoms with van der Waals surface area (Å²) in [6, 6.07) is 2.98. The van der Waals surface area contributed by atoms with Crippen molar-refractivity contribution < 1.29 is 0 Å². The van der Waals surface area contributed by atoms with E-state index in [2.05, 4.69) is 28.5 Å². The van der Waals surface area contributed by atoms with Crippen LogP contribution in [0.5, 0.6) is 0 Å². The first kappa shape index (κ1) is 11.1. The highest BCUT2D eigenvalue weighted by Gasteiger charge is 2.22. The van der Waals surface area contributed by atoms with Crippen LogP contribution in [0.1, 0.15) is 42.2 Å². The summed E-state index contributed by atoms with van der Waals surface area (Å²) in [5.74, 6) is 1.38. The number of fused-ring (bicyclic) bond motifs is 1. The maximum atomic E-state index is 3.79. The van der Waals surface area contributed by atoms with Gasteiger partial charge in [0.1, 0.15) is 0 Å². The Labute approximate surface area is 106 Å². The highest BCUT2D eigenvalue weighted by atomic mass is 32.2. The Morgan fingerprint density at radius 1 is 1.31 bits per heavy atom. The lowest BCUT2D eigenvalue weighted by atomic mass is 9.94. The monoisotopic (exact) mass is 253 g/mol. The molecule has 1 saturated heterocycles. The van der Waals surface area contributed by atoms with Crippen molar-refractivity contribution in [1.82, 2.24) is 5.32 Å². The fourth-order valence-corrected chi connectivity index (χ4v) is 4.98. The third-order valence-corrected chi connectivity index (χ3v) is 6.06. The van der Waals surface area contributed by atoms with Gasteiger partial charge in [0.15, 0.2) is 0 Å². The molecular formula is C13H19NS2. The quantitative estimate of drug-likeness (QED) is 0.883. The first-order valence-corrected chi connectivity index (χ1v) is 8.27. The molecule has 0 saturated carbocycles. The molecule has 1 aliphatic heterocycles. The zero-order valence-corrected chi connectivity index (χ0v) is 11.2. The maximum absolute atomic E-state index is 3.79. The van der Waals surface area contributed by atoms with E-state index in [0.29, 0.717) is 6.04 Å². The molecule has 1 aromatic rings. The van der Waals surface area contributed by atoms with Crippen LogP contribution in [0.3, 0.4) is 0 Å². The Morgan fingerprint density at radius 3 is 3.19 bits per heavy atom. The van der Waals surface area contributed by atoms with Crippen LogP contribution in [0.2, 0.25) is 0 Å². The average Bonchev–Trinajstić information content (AvgIpc) is 2.97. The first-order chi connectivity index (χ1) is 7.93. The zero-order chi connectivity index (χ0) is 10.8. The van der Waals surface area contributed by atoms with E-state index in [1.54, 1.807) is 10.4 Å². The van der Waals surface area contributed by atoms with Crippen molar-refractivity contribution in [3.8, 4) is 0 Å². The number of rotatable bonds is 3. The molecule has 2 unspecified atom stereocenters. The molecule has 88 valence electrons. The lowest BCUT2D eigenvalue weighted by Gasteiger charge is -2.25. The predicted octanol–water partition coefficient (Wildman–Crippen LogP) is 3.61. The van der Waals surface area contributed by atoms with E-state index in [9.17, 15) is 0 Å². The van der Waals surface area contributed by atoms with Gasteiger partial charge in [-0.2, -0.15) is 11.8 Å². The van der Waals surface area contributed by atoms with Gasteiger partial charge in [0, 0.05) is 22.7 Å². The SMILES string of the molecule is c1cc2c(s1)CCCC2NCC1CCCS1. The fraction of sp³-hybridized carbons (Fsp3) is 0.692. The van der Waals surface area contributed by atoms with E-state index in [0.717, 1.165) is 5.25 Å². The summed E-state index contributed by atoms with van der Waals surface area (Å²) in [5, 5.41) is 6.93. The smallest absolute Gasteiger partial charge is 0.0331 e. The first-order valence-electron chi connectivity index (χ1n) is 6.35. The molecule has 2 heterocycles. The number of aryl methyl sites for hydroxylation is 1. The molecule has 2 atom stereocenters. The molecular weight excluding hydrogens is 234 g/mol. The second-order valence-corrected chi connectivity index (χ2v) is 7.20. The highest BCUT2D eigenvalue weighted by molar-refractivity contribution is 8.00. The van der Waals surface area contributed by atoms with Crippen molar-refractivity contribution in [2.45, 2.75) is 43.4 Å². The Hall–Kier alpha value is 0.01000. The third-order valence-electron chi connectivity index (χ3n) is 3.67. The molecule has 16 heavy (non-hydrogen) atoms. The molecule has 1 N–H and O–H groups in total. The van der Waals surface area contributed by atoms with Gasteiger partial charge in [-0.05, 0) is 54.9 Å². The van der Waals surface area contributed by atoms with Gasteiger partial charge in [-0.3, -0.25) is 0 Å². The largest absolute Gasteiger partial charge is 0.309 e. The van der Waals surface area contributed by atoms with E-state index < -0.39 is 0 Å². The van der Waals surface area contributed by atoms with Crippen LogP contribution in [0, 0.1) is 0 Å². The summed E-state index contributed by atoms with van der Waals surface area (Å²) in [4.78, 5) is 1.63. The Kier molecular flexibility index (Phi) is 3.55. The molecule has 0 radical (unpaired) electrons. The van der Waals surface area contributed by atoms with E-state index in [1.807, 2.05) is 11.3 Å². The van der Waals surface area contributed by atoms with E-state index >= 15 is 0 Å². The molecule has 1 aliphatic carbocycles. The summed E-state index contributed by atoms with van der Waals surface area (Å²) in [6.45, 7) is 1.21. The minimum absolute atomic E-state index is 0.649. The number of nitrogens with one attached hydrogen (secondary N) is 1. The summed E-state index contributed by atoms with van der Waals surface area (Å²) in [7, 11) is 0. The Bertz CT molecular complexity index is 341. The van der Waals surface area contributed by atoms with E-state index in [-0.39, 0.29) is 0 Å². The molecule has 0 amide bonds. The van der Waals surface area contributed by atoms with Crippen molar-refractivity contribution in [3.63, 3.8) is 0 Å². The van der Waals surface area contributed by atoms with Crippen molar-refractivity contribution >= 4 is 23.1 Å². The van der Waals surface area contributed by atoms with Crippen LogP contribution in [0.25, 0.3) is 0 Å². The van der Waals surface area contributed by atoms with Crippen LogP contribution in [0.15, 0.2) is 11.4 Å². The molecule has 1 fully saturated rings. The van der Waals surface area contributed by atoms with Gasteiger partial charge in [0.2, 0.25) is 0 Å². The van der Waals surface area contributed by atoms with Gasteiger partial charge >= 0.3 is 0 Å². The van der Waals surface area contributed by atoms with E-state index in [4.69, 9.17) is 0 Å². The number of hydrogen-bond donors (Lipinski definition) is 1. The van der Waals surface area contributed by atoms with Crippen molar-refractivity contribution in [1.29, 1.82) is 0 Å². The minimum atomic E-state index is 0.649. The van der Waals surface area contributed by atoms with Crippen LogP contribution in [-0.2, 0) is 6.42 Å². The third kappa shape index (κ3) is 2.31. The zero-order valence-electron chi connectivity index (χ0n) is 9.58. The fourth-order valence-electron chi connectivity index (χ4n) is 2.78. The van der Waals surface area contributed by atoms with Gasteiger partial charge in [0.05, 0.1) is 0 Å². The second kappa shape index (κ2) is 5.11. The van der Waals surface area contributed by atoms with Crippen LogP contribution < -0.4 is 5.32 Å². The summed E-state index contributed by atoms with van der Waals surface area (Å²) in [6.07, 6.45) is 6.85. The van der Waals surface area contributed by atoms with Gasteiger partial charge in [-0.15, -0.1) is 11.3 Å². The molecule has 3 rings (SSSR count). The number of hydrogen-bond acceptors (Lipinski definition) is 3. The summed E-state index contributed by atoms with van der Waals surface area (Å²) < 4.78 is 0. The van der Waals surface area contributed by atoms with Gasteiger partial charge < -0.3 is 5.32 Å². The molecule has 0 bridgehead atoms.